The van der Waals surface area contributed by atoms with E-state index in [1.165, 1.54) is 17.2 Å². The number of benzene rings is 2. The number of aromatic hydroxyl groups is 1. The molecule has 4 rings (SSSR count). The van der Waals surface area contributed by atoms with E-state index in [1.54, 1.807) is 61.5 Å². The third-order valence-electron chi connectivity index (χ3n) is 5.09. The van der Waals surface area contributed by atoms with E-state index < -0.39 is 17.7 Å². The lowest BCUT2D eigenvalue weighted by Gasteiger charge is -2.25. The lowest BCUT2D eigenvalue weighted by atomic mass is 9.95. The molecule has 0 aliphatic carbocycles. The molecule has 0 unspecified atom stereocenters. The molecule has 0 bridgehead atoms. The van der Waals surface area contributed by atoms with Gasteiger partial charge in [-0.2, -0.15) is 0 Å². The molecule has 1 amide bonds. The van der Waals surface area contributed by atoms with Gasteiger partial charge in [0.25, 0.3) is 11.7 Å². The highest BCUT2D eigenvalue weighted by Gasteiger charge is 2.46. The van der Waals surface area contributed by atoms with Gasteiger partial charge in [0.15, 0.2) is 11.5 Å². The highest BCUT2D eigenvalue weighted by Crippen LogP contribution is 2.42. The molecule has 3 aromatic rings. The number of aliphatic hydroxyl groups excluding tert-OH is 1. The Morgan fingerprint density at radius 1 is 1.10 bits per heavy atom. The Morgan fingerprint density at radius 2 is 1.87 bits per heavy atom. The smallest absolute Gasteiger partial charge is 0.296 e. The Kier molecular flexibility index (Phi) is 5.49. The second-order valence-corrected chi connectivity index (χ2v) is 7.03. The number of Topliss-reactive ketones (excluding diaryl/α,β-unsaturated/α-hetero) is 1. The number of hydrogen-bond donors (Lipinski definition) is 2. The van der Waals surface area contributed by atoms with Crippen molar-refractivity contribution in [3.8, 4) is 11.5 Å². The lowest BCUT2D eigenvalue weighted by molar-refractivity contribution is -0.140. The van der Waals surface area contributed by atoms with E-state index in [-0.39, 0.29) is 29.4 Å². The predicted octanol–water partition coefficient (Wildman–Crippen LogP) is 4.01. The molecule has 1 aromatic heterocycles. The van der Waals surface area contributed by atoms with Crippen molar-refractivity contribution in [1.29, 1.82) is 0 Å². The fourth-order valence-corrected chi connectivity index (χ4v) is 3.68. The summed E-state index contributed by atoms with van der Waals surface area (Å²) in [7, 11) is 0. The largest absolute Gasteiger partial charge is 0.507 e. The summed E-state index contributed by atoms with van der Waals surface area (Å²) in [4.78, 5) is 27.3. The molecular formula is C24H21NO6. The Hall–Kier alpha value is -4.00. The lowest BCUT2D eigenvalue weighted by Crippen LogP contribution is -2.29. The van der Waals surface area contributed by atoms with Crippen LogP contribution in [-0.4, -0.2) is 33.4 Å². The average molecular weight is 419 g/mol. The number of phenolic OH excluding ortho intramolecular Hbond substituents is 1. The molecule has 1 fully saturated rings. The Bertz CT molecular complexity index is 1130. The highest BCUT2D eigenvalue weighted by atomic mass is 16.5. The first-order valence-electron chi connectivity index (χ1n) is 9.83. The number of aliphatic hydroxyl groups is 1. The van der Waals surface area contributed by atoms with Crippen molar-refractivity contribution >= 4 is 17.4 Å². The molecule has 158 valence electrons. The zero-order valence-electron chi connectivity index (χ0n) is 16.8. The number of carbonyl (C=O) groups excluding carboxylic acids is 2. The van der Waals surface area contributed by atoms with Gasteiger partial charge in [0.05, 0.1) is 31.0 Å². The van der Waals surface area contributed by atoms with Crippen molar-refractivity contribution in [2.24, 2.45) is 0 Å². The van der Waals surface area contributed by atoms with Crippen LogP contribution in [0.5, 0.6) is 11.5 Å². The van der Waals surface area contributed by atoms with Crippen LogP contribution in [-0.2, 0) is 16.1 Å². The van der Waals surface area contributed by atoms with E-state index in [9.17, 15) is 19.8 Å². The number of nitrogens with zero attached hydrogens (tertiary/aromatic N) is 1. The molecule has 2 N–H and O–H groups in total. The molecule has 1 aliphatic rings. The van der Waals surface area contributed by atoms with Crippen LogP contribution in [0.1, 0.15) is 29.9 Å². The zero-order valence-corrected chi connectivity index (χ0v) is 16.8. The molecule has 31 heavy (non-hydrogen) atoms. The number of phenols is 1. The molecular weight excluding hydrogens is 398 g/mol. The van der Waals surface area contributed by atoms with Crippen LogP contribution in [0.25, 0.3) is 5.76 Å². The maximum Gasteiger partial charge on any atom is 0.296 e. The first-order chi connectivity index (χ1) is 15.0. The molecule has 7 nitrogen and oxygen atoms in total. The summed E-state index contributed by atoms with van der Waals surface area (Å²) in [5, 5.41) is 21.1. The first kappa shape index (κ1) is 20.3. The number of furan rings is 1. The molecule has 0 spiro atoms. The molecule has 2 aromatic carbocycles. The maximum absolute atomic E-state index is 13.0. The summed E-state index contributed by atoms with van der Waals surface area (Å²) in [5.74, 6) is -1.14. The monoisotopic (exact) mass is 419 g/mol. The molecule has 0 radical (unpaired) electrons. The standard InChI is InChI=1S/C24H21NO6/c1-2-30-19-13-16(10-11-18(19)26)21-20(22(27)15-7-4-3-5-8-15)23(28)24(29)25(21)14-17-9-6-12-31-17/h3-13,21,26-27H,2,14H2,1H3/b22-20+/t21-/m0/s1. The number of rotatable bonds is 6. The number of hydrogen-bond acceptors (Lipinski definition) is 6. The minimum atomic E-state index is -0.884. The van der Waals surface area contributed by atoms with Gasteiger partial charge < -0.3 is 24.3 Å². The van der Waals surface area contributed by atoms with E-state index in [4.69, 9.17) is 9.15 Å². The van der Waals surface area contributed by atoms with E-state index in [0.717, 1.165) is 0 Å². The SMILES string of the molecule is CCOc1cc([C@H]2/C(=C(\O)c3ccccc3)C(=O)C(=O)N2Cc2ccco2)ccc1O. The minimum absolute atomic E-state index is 0.0316. The van der Waals surface area contributed by atoms with E-state index in [0.29, 0.717) is 23.5 Å². The maximum atomic E-state index is 13.0. The minimum Gasteiger partial charge on any atom is -0.507 e. The van der Waals surface area contributed by atoms with Crippen LogP contribution < -0.4 is 4.74 Å². The van der Waals surface area contributed by atoms with Crippen molar-refractivity contribution in [1.82, 2.24) is 4.90 Å². The van der Waals surface area contributed by atoms with Crippen LogP contribution in [0.15, 0.2) is 76.9 Å². The number of carbonyl (C=O) groups is 2. The van der Waals surface area contributed by atoms with Gasteiger partial charge in [0.1, 0.15) is 11.5 Å². The first-order valence-corrected chi connectivity index (χ1v) is 9.83. The average Bonchev–Trinajstić information content (AvgIpc) is 3.38. The van der Waals surface area contributed by atoms with Gasteiger partial charge in [0.2, 0.25) is 0 Å². The van der Waals surface area contributed by atoms with Gasteiger partial charge in [0, 0.05) is 5.56 Å². The predicted molar refractivity (Wildman–Crippen MR) is 112 cm³/mol. The van der Waals surface area contributed by atoms with Crippen molar-refractivity contribution in [3.05, 3.63) is 89.4 Å². The van der Waals surface area contributed by atoms with Gasteiger partial charge in [-0.15, -0.1) is 0 Å². The van der Waals surface area contributed by atoms with Gasteiger partial charge in [-0.25, -0.2) is 0 Å². The number of amides is 1. The van der Waals surface area contributed by atoms with E-state index >= 15 is 0 Å². The van der Waals surface area contributed by atoms with Gasteiger partial charge >= 0.3 is 0 Å². The molecule has 1 saturated heterocycles. The molecule has 0 saturated carbocycles. The summed E-state index contributed by atoms with van der Waals surface area (Å²) in [5.41, 5.74) is 0.910. The summed E-state index contributed by atoms with van der Waals surface area (Å²) in [6, 6.07) is 15.7. The van der Waals surface area contributed by atoms with Crippen LogP contribution >= 0.6 is 0 Å². The van der Waals surface area contributed by atoms with Gasteiger partial charge in [-0.1, -0.05) is 36.4 Å². The number of ketones is 1. The normalized spacial score (nSPS) is 17.8. The summed E-state index contributed by atoms with van der Waals surface area (Å²) in [6.07, 6.45) is 1.48. The fraction of sp³-hybridized carbons (Fsp3) is 0.167. The third kappa shape index (κ3) is 3.77. The Labute approximate surface area is 178 Å². The Balaban J connectivity index is 1.88. The van der Waals surface area contributed by atoms with Crippen molar-refractivity contribution in [2.45, 2.75) is 19.5 Å². The molecule has 1 atom stereocenters. The second kappa shape index (κ2) is 8.39. The molecule has 2 heterocycles. The molecule has 1 aliphatic heterocycles. The summed E-state index contributed by atoms with van der Waals surface area (Å²) >= 11 is 0. The third-order valence-corrected chi connectivity index (χ3v) is 5.09. The van der Waals surface area contributed by atoms with Crippen molar-refractivity contribution in [3.63, 3.8) is 0 Å². The second-order valence-electron chi connectivity index (χ2n) is 7.03. The van der Waals surface area contributed by atoms with Crippen LogP contribution in [0.2, 0.25) is 0 Å². The fourth-order valence-electron chi connectivity index (χ4n) is 3.68. The van der Waals surface area contributed by atoms with Crippen molar-refractivity contribution < 1.29 is 29.0 Å². The highest BCUT2D eigenvalue weighted by molar-refractivity contribution is 6.46. The topological polar surface area (TPSA) is 100 Å². The van der Waals surface area contributed by atoms with Crippen molar-refractivity contribution in [2.75, 3.05) is 6.61 Å². The zero-order chi connectivity index (χ0) is 22.0. The van der Waals surface area contributed by atoms with E-state index in [2.05, 4.69) is 0 Å². The molecule has 7 heteroatoms. The number of likely N-dealkylation sites (tertiary alicyclic amines) is 1. The van der Waals surface area contributed by atoms with Gasteiger partial charge in [-0.3, -0.25) is 9.59 Å². The van der Waals surface area contributed by atoms with Gasteiger partial charge in [-0.05, 0) is 36.8 Å². The Morgan fingerprint density at radius 3 is 2.55 bits per heavy atom. The van der Waals surface area contributed by atoms with Crippen LogP contribution in [0, 0.1) is 0 Å². The summed E-state index contributed by atoms with van der Waals surface area (Å²) in [6.45, 7) is 2.15. The van der Waals surface area contributed by atoms with Crippen LogP contribution in [0.3, 0.4) is 0 Å². The summed E-state index contributed by atoms with van der Waals surface area (Å²) < 4.78 is 10.9. The quantitative estimate of drug-likeness (QED) is 0.356. The van der Waals surface area contributed by atoms with E-state index in [1.807, 2.05) is 0 Å². The van der Waals surface area contributed by atoms with Crippen LogP contribution in [0.4, 0.5) is 0 Å². The number of ether oxygens (including phenoxy) is 1.